The molecule has 5 aromatic rings. The summed E-state index contributed by atoms with van der Waals surface area (Å²) in [6.45, 7) is 0. The predicted molar refractivity (Wildman–Crippen MR) is 124 cm³/mol. The number of hydrazone groups is 1. The van der Waals surface area contributed by atoms with Crippen LogP contribution < -0.4 is 10.7 Å². The quantitative estimate of drug-likeness (QED) is 0.185. The number of para-hydroxylation sites is 1. The number of fused-ring (bicyclic) bond motifs is 1. The Morgan fingerprint density at radius 1 is 1.00 bits per heavy atom. The van der Waals surface area contributed by atoms with Gasteiger partial charge in [0.25, 0.3) is 5.69 Å². The lowest BCUT2D eigenvalue weighted by Crippen LogP contribution is -2.03. The summed E-state index contributed by atoms with van der Waals surface area (Å²) in [6.07, 6.45) is 1.42. The molecule has 13 heteroatoms. The Labute approximate surface area is 195 Å². The Morgan fingerprint density at radius 3 is 2.59 bits per heavy atom. The first-order valence-electron chi connectivity index (χ1n) is 9.72. The summed E-state index contributed by atoms with van der Waals surface area (Å²) in [5.74, 6) is 1.41. The average Bonchev–Trinajstić information content (AvgIpc) is 3.50. The van der Waals surface area contributed by atoms with Gasteiger partial charge >= 0.3 is 0 Å². The van der Waals surface area contributed by atoms with Gasteiger partial charge in [0, 0.05) is 17.7 Å². The van der Waals surface area contributed by atoms with Gasteiger partial charge in [-0.25, -0.2) is 9.61 Å². The monoisotopic (exact) mass is 476 g/mol. The molecule has 0 aliphatic rings. The molecule has 2 aromatic carbocycles. The van der Waals surface area contributed by atoms with Gasteiger partial charge < -0.3 is 9.73 Å². The van der Waals surface area contributed by atoms with Gasteiger partial charge in [-0.05, 0) is 34.6 Å². The largest absolute Gasteiger partial charge is 0.455 e. The maximum atomic E-state index is 11.0. The number of furan rings is 1. The first-order chi connectivity index (χ1) is 16.6. The fraction of sp³-hybridized carbons (Fsp3) is 0. The highest BCUT2D eigenvalue weighted by atomic mass is 35.5. The van der Waals surface area contributed by atoms with Crippen LogP contribution >= 0.6 is 11.6 Å². The molecule has 5 rings (SSSR count). The van der Waals surface area contributed by atoms with Crippen LogP contribution in [0.25, 0.3) is 22.6 Å². The van der Waals surface area contributed by atoms with E-state index in [9.17, 15) is 10.1 Å². The Kier molecular flexibility index (Phi) is 5.54. The van der Waals surface area contributed by atoms with Crippen molar-refractivity contribution >= 4 is 52.1 Å². The summed E-state index contributed by atoms with van der Waals surface area (Å²) in [5.41, 5.74) is 4.33. The highest BCUT2D eigenvalue weighted by molar-refractivity contribution is 6.33. The van der Waals surface area contributed by atoms with Crippen LogP contribution in [0.5, 0.6) is 0 Å². The van der Waals surface area contributed by atoms with Gasteiger partial charge in [-0.2, -0.15) is 10.1 Å². The molecule has 0 saturated heterocycles. The molecule has 0 saturated carbocycles. The van der Waals surface area contributed by atoms with Crippen molar-refractivity contribution in [1.82, 2.24) is 20.3 Å². The van der Waals surface area contributed by atoms with Crippen molar-refractivity contribution in [2.75, 3.05) is 10.7 Å². The summed E-state index contributed by atoms with van der Waals surface area (Å²) in [7, 11) is 0. The van der Waals surface area contributed by atoms with Crippen LogP contribution in [0.4, 0.5) is 23.0 Å². The van der Waals surface area contributed by atoms with Gasteiger partial charge in [0.15, 0.2) is 11.6 Å². The summed E-state index contributed by atoms with van der Waals surface area (Å²) in [4.78, 5) is 19.2. The van der Waals surface area contributed by atoms with Crippen LogP contribution in [0.3, 0.4) is 0 Å². The third kappa shape index (κ3) is 4.38. The average molecular weight is 477 g/mol. The number of aromatic nitrogens is 4. The van der Waals surface area contributed by atoms with Gasteiger partial charge in [-0.3, -0.25) is 15.5 Å². The van der Waals surface area contributed by atoms with Crippen molar-refractivity contribution in [1.29, 1.82) is 0 Å². The summed E-state index contributed by atoms with van der Waals surface area (Å²) < 4.78 is 10.4. The molecule has 0 unspecified atom stereocenters. The van der Waals surface area contributed by atoms with Crippen LogP contribution in [0.2, 0.25) is 5.02 Å². The van der Waals surface area contributed by atoms with E-state index in [2.05, 4.69) is 40.8 Å². The fourth-order valence-electron chi connectivity index (χ4n) is 3.00. The minimum atomic E-state index is -0.463. The zero-order chi connectivity index (χ0) is 23.5. The first kappa shape index (κ1) is 21.0. The summed E-state index contributed by atoms with van der Waals surface area (Å²) >= 11 is 6.23. The molecule has 0 amide bonds. The number of hydrogen-bond acceptors (Lipinski definition) is 11. The number of nitro groups is 1. The second kappa shape index (κ2) is 8.96. The molecule has 0 aliphatic carbocycles. The second-order valence-electron chi connectivity index (χ2n) is 6.82. The predicted octanol–water partition coefficient (Wildman–Crippen LogP) is 5.02. The van der Waals surface area contributed by atoms with E-state index in [1.54, 1.807) is 42.5 Å². The Hall–Kier alpha value is -4.84. The number of rotatable bonds is 7. The lowest BCUT2D eigenvalue weighted by Gasteiger charge is -2.10. The number of nitro benzene ring substituents is 1. The van der Waals surface area contributed by atoms with Crippen molar-refractivity contribution in [3.8, 4) is 11.3 Å². The number of halogens is 1. The molecule has 3 aromatic heterocycles. The summed E-state index contributed by atoms with van der Waals surface area (Å²) in [5, 5.41) is 26.1. The standard InChI is InChI=1S/C21H13ClN8O4/c22-15-6-1-2-7-16(15)24-18-19(26-21-20(25-18)28-34-29-21)27-23-11-14-8-9-17(33-14)12-4-3-5-13(10-12)30(31)32/h1-11H,(H,24,25,28)(H,26,27,29). The van der Waals surface area contributed by atoms with Crippen LogP contribution in [-0.2, 0) is 0 Å². The zero-order valence-electron chi connectivity index (χ0n) is 17.0. The van der Waals surface area contributed by atoms with E-state index in [0.29, 0.717) is 33.6 Å². The highest BCUT2D eigenvalue weighted by Crippen LogP contribution is 2.29. The minimum Gasteiger partial charge on any atom is -0.455 e. The van der Waals surface area contributed by atoms with Crippen LogP contribution in [-0.4, -0.2) is 31.4 Å². The van der Waals surface area contributed by atoms with Crippen molar-refractivity contribution in [2.24, 2.45) is 5.10 Å². The molecule has 0 fully saturated rings. The molecule has 0 radical (unpaired) electrons. The molecule has 0 atom stereocenters. The Morgan fingerprint density at radius 2 is 1.79 bits per heavy atom. The second-order valence-corrected chi connectivity index (χ2v) is 7.22. The number of hydrogen-bond donors (Lipinski definition) is 2. The molecule has 12 nitrogen and oxygen atoms in total. The van der Waals surface area contributed by atoms with Crippen LogP contribution in [0.15, 0.2) is 74.8 Å². The number of nitrogens with zero attached hydrogens (tertiary/aromatic N) is 6. The van der Waals surface area contributed by atoms with E-state index in [-0.39, 0.29) is 22.8 Å². The van der Waals surface area contributed by atoms with Gasteiger partial charge in [-0.15, -0.1) is 0 Å². The maximum Gasteiger partial charge on any atom is 0.270 e. The van der Waals surface area contributed by atoms with Gasteiger partial charge in [0.1, 0.15) is 11.5 Å². The molecule has 2 N–H and O–H groups in total. The van der Waals surface area contributed by atoms with Crippen molar-refractivity contribution in [2.45, 2.75) is 0 Å². The third-order valence-electron chi connectivity index (χ3n) is 4.57. The number of anilines is 3. The molecular formula is C21H13ClN8O4. The fourth-order valence-corrected chi connectivity index (χ4v) is 3.18. The Balaban J connectivity index is 1.38. The van der Waals surface area contributed by atoms with Crippen LogP contribution in [0.1, 0.15) is 5.76 Å². The molecule has 0 spiro atoms. The maximum absolute atomic E-state index is 11.0. The van der Waals surface area contributed by atoms with E-state index in [0.717, 1.165) is 0 Å². The van der Waals surface area contributed by atoms with E-state index in [4.69, 9.17) is 16.0 Å². The van der Waals surface area contributed by atoms with Gasteiger partial charge in [-0.1, -0.05) is 35.9 Å². The lowest BCUT2D eigenvalue weighted by atomic mass is 10.1. The normalized spacial score (nSPS) is 11.2. The van der Waals surface area contributed by atoms with E-state index < -0.39 is 4.92 Å². The van der Waals surface area contributed by atoms with Crippen molar-refractivity contribution in [3.63, 3.8) is 0 Å². The Bertz CT molecular complexity index is 1530. The number of non-ortho nitro benzene ring substituents is 1. The SMILES string of the molecule is O=[N+]([O-])c1cccc(-c2ccc(C=NNc3nc4nonc4nc3Nc3ccccc3Cl)o2)c1. The van der Waals surface area contributed by atoms with E-state index in [1.807, 2.05) is 6.07 Å². The van der Waals surface area contributed by atoms with Gasteiger partial charge in [0.2, 0.25) is 11.3 Å². The first-order valence-corrected chi connectivity index (χ1v) is 10.1. The number of benzene rings is 2. The highest BCUT2D eigenvalue weighted by Gasteiger charge is 2.14. The molecular weight excluding hydrogens is 464 g/mol. The molecule has 0 bridgehead atoms. The molecule has 3 heterocycles. The van der Waals surface area contributed by atoms with Crippen molar-refractivity contribution < 1.29 is 14.0 Å². The van der Waals surface area contributed by atoms with E-state index >= 15 is 0 Å². The van der Waals surface area contributed by atoms with Crippen molar-refractivity contribution in [3.05, 3.63) is 81.6 Å². The topological polar surface area (TPSA) is 157 Å². The minimum absolute atomic E-state index is 0.0272. The van der Waals surface area contributed by atoms with E-state index in [1.165, 1.54) is 18.3 Å². The third-order valence-corrected chi connectivity index (χ3v) is 4.90. The summed E-state index contributed by atoms with van der Waals surface area (Å²) in [6, 6.07) is 16.7. The smallest absolute Gasteiger partial charge is 0.270 e. The molecule has 0 aliphatic heterocycles. The number of nitrogens with one attached hydrogen (secondary N) is 2. The molecule has 34 heavy (non-hydrogen) atoms. The van der Waals surface area contributed by atoms with Gasteiger partial charge in [0.05, 0.1) is 21.8 Å². The lowest BCUT2D eigenvalue weighted by molar-refractivity contribution is -0.384. The zero-order valence-corrected chi connectivity index (χ0v) is 17.8. The van der Waals surface area contributed by atoms with Crippen LogP contribution in [0, 0.1) is 10.1 Å². The molecule has 168 valence electrons.